The summed E-state index contributed by atoms with van der Waals surface area (Å²) in [5, 5.41) is 2.73. The fourth-order valence-electron chi connectivity index (χ4n) is 2.54. The molecule has 4 nitrogen and oxygen atoms in total. The molecule has 0 unspecified atom stereocenters. The fourth-order valence-corrected chi connectivity index (χ4v) is 3.42. The van der Waals surface area contributed by atoms with Crippen molar-refractivity contribution in [3.8, 4) is 0 Å². The number of nitrogens with zero attached hydrogens (tertiary/aromatic N) is 2. The van der Waals surface area contributed by atoms with Gasteiger partial charge >= 0.3 is 6.18 Å². The van der Waals surface area contributed by atoms with E-state index in [-0.39, 0.29) is 30.6 Å². The quantitative estimate of drug-likeness (QED) is 0.680. The summed E-state index contributed by atoms with van der Waals surface area (Å²) < 4.78 is 39.0. The minimum atomic E-state index is -4.49. The van der Waals surface area contributed by atoms with E-state index >= 15 is 0 Å². The number of rotatable bonds is 8. The Morgan fingerprint density at radius 2 is 1.93 bits per heavy atom. The highest BCUT2D eigenvalue weighted by molar-refractivity contribution is 7.99. The van der Waals surface area contributed by atoms with Crippen LogP contribution < -0.4 is 5.32 Å². The van der Waals surface area contributed by atoms with Crippen LogP contribution in [0.15, 0.2) is 41.3 Å². The number of thioether (sulfide) groups is 1. The van der Waals surface area contributed by atoms with E-state index in [1.54, 1.807) is 11.8 Å². The van der Waals surface area contributed by atoms with Crippen molar-refractivity contribution >= 4 is 17.7 Å². The van der Waals surface area contributed by atoms with Crippen LogP contribution in [0.3, 0.4) is 0 Å². The Morgan fingerprint density at radius 1 is 1.19 bits per heavy atom. The van der Waals surface area contributed by atoms with Gasteiger partial charge in [0, 0.05) is 41.6 Å². The van der Waals surface area contributed by atoms with Gasteiger partial charge in [0.1, 0.15) is 11.5 Å². The molecule has 0 bridgehead atoms. The molecule has 0 saturated heterocycles. The van der Waals surface area contributed by atoms with Gasteiger partial charge in [0.05, 0.1) is 0 Å². The van der Waals surface area contributed by atoms with Crippen LogP contribution in [-0.4, -0.2) is 28.2 Å². The van der Waals surface area contributed by atoms with Crippen LogP contribution in [0.25, 0.3) is 0 Å². The number of carbonyl (C=O) groups is 1. The lowest BCUT2D eigenvalue weighted by atomic mass is 10.2. The van der Waals surface area contributed by atoms with Crippen molar-refractivity contribution in [2.75, 3.05) is 12.3 Å². The number of nitrogens with one attached hydrogen (secondary N) is 1. The number of hydrogen-bond donors (Lipinski definition) is 1. The molecule has 27 heavy (non-hydrogen) atoms. The topological polar surface area (TPSA) is 54.9 Å². The van der Waals surface area contributed by atoms with E-state index in [1.807, 2.05) is 30.3 Å². The third-order valence-electron chi connectivity index (χ3n) is 4.09. The van der Waals surface area contributed by atoms with Gasteiger partial charge in [0.2, 0.25) is 5.91 Å². The minimum absolute atomic E-state index is 0.109. The molecule has 2 aromatic rings. The smallest absolute Gasteiger partial charge is 0.356 e. The molecule has 0 atom stereocenters. The second-order valence-corrected chi connectivity index (χ2v) is 7.55. The van der Waals surface area contributed by atoms with Crippen LogP contribution in [0.4, 0.5) is 13.2 Å². The van der Waals surface area contributed by atoms with Crippen molar-refractivity contribution in [1.82, 2.24) is 15.3 Å². The number of alkyl halides is 3. The molecule has 0 aliphatic heterocycles. The summed E-state index contributed by atoms with van der Waals surface area (Å²) in [4.78, 5) is 20.8. The lowest BCUT2D eigenvalue weighted by Gasteiger charge is -2.10. The first-order valence-electron chi connectivity index (χ1n) is 8.81. The number of amides is 1. The van der Waals surface area contributed by atoms with Gasteiger partial charge in [-0.1, -0.05) is 18.2 Å². The number of benzene rings is 1. The Labute approximate surface area is 160 Å². The van der Waals surface area contributed by atoms with Gasteiger partial charge < -0.3 is 5.32 Å². The molecule has 1 aliphatic carbocycles. The van der Waals surface area contributed by atoms with Gasteiger partial charge in [-0.3, -0.25) is 4.79 Å². The van der Waals surface area contributed by atoms with Crippen LogP contribution in [0.2, 0.25) is 0 Å². The molecule has 1 saturated carbocycles. The molecule has 1 amide bonds. The molecule has 8 heteroatoms. The van der Waals surface area contributed by atoms with Crippen LogP contribution in [0.5, 0.6) is 0 Å². The molecular weight excluding hydrogens is 375 g/mol. The van der Waals surface area contributed by atoms with Crippen LogP contribution in [-0.2, 0) is 17.4 Å². The molecule has 1 aromatic carbocycles. The lowest BCUT2D eigenvalue weighted by molar-refractivity contribution is -0.141. The summed E-state index contributed by atoms with van der Waals surface area (Å²) in [5.74, 6) is 0.748. The Bertz CT molecular complexity index is 780. The van der Waals surface area contributed by atoms with Gasteiger partial charge in [-0.2, -0.15) is 13.2 Å². The molecule has 0 spiro atoms. The highest BCUT2D eigenvalue weighted by Crippen LogP contribution is 2.40. The van der Waals surface area contributed by atoms with Crippen LogP contribution >= 0.6 is 11.8 Å². The average Bonchev–Trinajstić information content (AvgIpc) is 3.47. The van der Waals surface area contributed by atoms with Crippen molar-refractivity contribution in [3.05, 3.63) is 53.6 Å². The Morgan fingerprint density at radius 3 is 2.59 bits per heavy atom. The van der Waals surface area contributed by atoms with E-state index in [0.29, 0.717) is 17.9 Å². The fraction of sp³-hybridized carbons (Fsp3) is 0.421. The number of carbonyl (C=O) groups excluding carboxylic acids is 1. The first-order chi connectivity index (χ1) is 12.9. The molecule has 1 heterocycles. The van der Waals surface area contributed by atoms with Crippen molar-refractivity contribution in [2.24, 2.45) is 0 Å². The summed E-state index contributed by atoms with van der Waals surface area (Å²) in [7, 11) is 0. The van der Waals surface area contributed by atoms with Crippen molar-refractivity contribution in [2.45, 2.75) is 42.7 Å². The number of hydrogen-bond acceptors (Lipinski definition) is 4. The van der Waals surface area contributed by atoms with Gasteiger partial charge in [-0.15, -0.1) is 11.8 Å². The van der Waals surface area contributed by atoms with E-state index < -0.39 is 11.9 Å². The third-order valence-corrected chi connectivity index (χ3v) is 5.10. The predicted molar refractivity (Wildman–Crippen MR) is 97.5 cm³/mol. The summed E-state index contributed by atoms with van der Waals surface area (Å²) in [6, 6.07) is 10.8. The zero-order chi connectivity index (χ0) is 19.3. The summed E-state index contributed by atoms with van der Waals surface area (Å²) in [5.41, 5.74) is -0.446. The zero-order valence-corrected chi connectivity index (χ0v) is 15.4. The largest absolute Gasteiger partial charge is 0.433 e. The molecule has 144 valence electrons. The number of halogens is 3. The zero-order valence-electron chi connectivity index (χ0n) is 14.6. The second kappa shape index (κ2) is 8.73. The second-order valence-electron chi connectivity index (χ2n) is 6.38. The maximum Gasteiger partial charge on any atom is 0.433 e. The normalized spacial score (nSPS) is 14.2. The first kappa shape index (κ1) is 19.7. The summed E-state index contributed by atoms with van der Waals surface area (Å²) >= 11 is 1.58. The van der Waals surface area contributed by atoms with Gasteiger partial charge in [-0.25, -0.2) is 9.97 Å². The molecule has 0 radical (unpaired) electrons. The Balaban J connectivity index is 1.46. The van der Waals surface area contributed by atoms with Crippen molar-refractivity contribution in [1.29, 1.82) is 0 Å². The molecule has 3 rings (SSSR count). The first-order valence-corrected chi connectivity index (χ1v) is 9.80. The SMILES string of the molecule is O=C(CCSc1ccccc1)NCCc1nc(C2CC2)cc(C(F)(F)F)n1. The maximum atomic E-state index is 13.0. The predicted octanol–water partition coefficient (Wildman–Crippen LogP) is 4.21. The highest BCUT2D eigenvalue weighted by Gasteiger charge is 2.35. The minimum Gasteiger partial charge on any atom is -0.356 e. The Kier molecular flexibility index (Phi) is 6.36. The molecule has 1 aromatic heterocycles. The van der Waals surface area contributed by atoms with Crippen molar-refractivity contribution < 1.29 is 18.0 Å². The summed E-state index contributed by atoms with van der Waals surface area (Å²) in [6.07, 6.45) is -2.23. The molecular formula is C19H20F3N3OS. The van der Waals surface area contributed by atoms with E-state index in [1.165, 1.54) is 0 Å². The Hall–Kier alpha value is -2.09. The van der Waals surface area contributed by atoms with E-state index in [9.17, 15) is 18.0 Å². The van der Waals surface area contributed by atoms with Gasteiger partial charge in [0.25, 0.3) is 0 Å². The van der Waals surface area contributed by atoms with E-state index in [4.69, 9.17) is 0 Å². The maximum absolute atomic E-state index is 13.0. The highest BCUT2D eigenvalue weighted by atomic mass is 32.2. The molecule has 1 N–H and O–H groups in total. The summed E-state index contributed by atoms with van der Waals surface area (Å²) in [6.45, 7) is 0.222. The van der Waals surface area contributed by atoms with E-state index in [2.05, 4.69) is 15.3 Å². The average molecular weight is 395 g/mol. The monoisotopic (exact) mass is 395 g/mol. The van der Waals surface area contributed by atoms with Crippen molar-refractivity contribution in [3.63, 3.8) is 0 Å². The van der Waals surface area contributed by atoms with Gasteiger partial charge in [-0.05, 0) is 31.0 Å². The van der Waals surface area contributed by atoms with Crippen LogP contribution in [0, 0.1) is 0 Å². The number of aromatic nitrogens is 2. The molecule has 1 fully saturated rings. The third kappa shape index (κ3) is 6.23. The van der Waals surface area contributed by atoms with Gasteiger partial charge in [0.15, 0.2) is 0 Å². The standard InChI is InChI=1S/C19H20F3N3OS/c20-19(21,22)16-12-15(13-6-7-13)24-17(25-16)8-10-23-18(26)9-11-27-14-4-2-1-3-5-14/h1-5,12-13H,6-11H2,(H,23,26). The molecule has 1 aliphatic rings. The van der Waals surface area contributed by atoms with Crippen LogP contribution in [0.1, 0.15) is 42.4 Å². The lowest BCUT2D eigenvalue weighted by Crippen LogP contribution is -2.26. The van der Waals surface area contributed by atoms with E-state index in [0.717, 1.165) is 23.8 Å².